The van der Waals surface area contributed by atoms with E-state index < -0.39 is 10.0 Å². The maximum absolute atomic E-state index is 12.2. The summed E-state index contributed by atoms with van der Waals surface area (Å²) in [5, 5.41) is 0.506. The van der Waals surface area contributed by atoms with Crippen LogP contribution in [0.1, 0.15) is 32.1 Å². The molecule has 0 unspecified atom stereocenters. The van der Waals surface area contributed by atoms with E-state index >= 15 is 0 Å². The lowest BCUT2D eigenvalue weighted by Gasteiger charge is -2.21. The Balaban J connectivity index is 2.02. The van der Waals surface area contributed by atoms with Crippen LogP contribution in [0.4, 0.5) is 0 Å². The predicted octanol–water partition coefficient (Wildman–Crippen LogP) is 3.96. The third-order valence-corrected chi connectivity index (χ3v) is 6.12. The van der Waals surface area contributed by atoms with Gasteiger partial charge in [0.15, 0.2) is 0 Å². The first-order valence-electron chi connectivity index (χ1n) is 6.44. The van der Waals surface area contributed by atoms with Crippen LogP contribution in [0.15, 0.2) is 27.6 Å². The van der Waals surface area contributed by atoms with E-state index in [4.69, 9.17) is 11.6 Å². The lowest BCUT2D eigenvalue weighted by molar-refractivity contribution is 0.357. The van der Waals surface area contributed by atoms with Gasteiger partial charge in [-0.3, -0.25) is 0 Å². The van der Waals surface area contributed by atoms with Crippen LogP contribution in [0, 0.1) is 5.92 Å². The molecule has 0 radical (unpaired) electrons. The van der Waals surface area contributed by atoms with Gasteiger partial charge in [-0.2, -0.15) is 0 Å². The molecule has 1 saturated carbocycles. The minimum Gasteiger partial charge on any atom is -0.211 e. The molecule has 0 heterocycles. The number of hydrogen-bond acceptors (Lipinski definition) is 2. The molecule has 0 saturated heterocycles. The smallest absolute Gasteiger partial charge is 0.211 e. The van der Waals surface area contributed by atoms with Gasteiger partial charge in [0.05, 0.1) is 9.92 Å². The van der Waals surface area contributed by atoms with Crippen molar-refractivity contribution >= 4 is 37.6 Å². The quantitative estimate of drug-likeness (QED) is 0.876. The summed E-state index contributed by atoms with van der Waals surface area (Å²) in [7, 11) is -3.44. The highest BCUT2D eigenvalue weighted by Gasteiger charge is 2.19. The summed E-state index contributed by atoms with van der Waals surface area (Å²) < 4.78 is 27.6. The molecule has 2 rings (SSSR count). The first kappa shape index (κ1) is 15.3. The Morgan fingerprint density at radius 2 is 1.95 bits per heavy atom. The molecule has 0 atom stereocenters. The highest BCUT2D eigenvalue weighted by Crippen LogP contribution is 2.26. The predicted molar refractivity (Wildman–Crippen MR) is 80.9 cm³/mol. The first-order chi connectivity index (χ1) is 8.99. The Kier molecular flexibility index (Phi) is 5.29. The van der Waals surface area contributed by atoms with Gasteiger partial charge < -0.3 is 0 Å². The maximum Gasteiger partial charge on any atom is 0.240 e. The highest BCUT2D eigenvalue weighted by atomic mass is 79.9. The second-order valence-electron chi connectivity index (χ2n) is 4.93. The van der Waals surface area contributed by atoms with Crippen LogP contribution >= 0.6 is 27.5 Å². The van der Waals surface area contributed by atoms with Crippen LogP contribution in [0.5, 0.6) is 0 Å². The topological polar surface area (TPSA) is 46.2 Å². The molecule has 1 fully saturated rings. The summed E-state index contributed by atoms with van der Waals surface area (Å²) in [6, 6.07) is 4.64. The summed E-state index contributed by atoms with van der Waals surface area (Å²) in [5.74, 6) is 0.472. The van der Waals surface area contributed by atoms with Crippen LogP contribution in [-0.2, 0) is 10.0 Å². The molecule has 0 bridgehead atoms. The van der Waals surface area contributed by atoms with Gasteiger partial charge in [0.25, 0.3) is 0 Å². The van der Waals surface area contributed by atoms with Gasteiger partial charge in [-0.25, -0.2) is 13.1 Å². The fourth-order valence-electron chi connectivity index (χ4n) is 2.35. The Morgan fingerprint density at radius 3 is 2.58 bits per heavy atom. The lowest BCUT2D eigenvalue weighted by Crippen LogP contribution is -2.30. The van der Waals surface area contributed by atoms with Crippen LogP contribution in [0.25, 0.3) is 0 Å². The van der Waals surface area contributed by atoms with Crippen molar-refractivity contribution in [2.75, 3.05) is 6.54 Å². The van der Waals surface area contributed by atoms with Crippen LogP contribution < -0.4 is 4.72 Å². The molecule has 1 aliphatic rings. The van der Waals surface area contributed by atoms with Gasteiger partial charge in [-0.1, -0.05) is 30.9 Å². The number of halogens is 2. The maximum atomic E-state index is 12.2. The molecule has 1 aromatic carbocycles. The van der Waals surface area contributed by atoms with Crippen molar-refractivity contribution in [1.29, 1.82) is 0 Å². The first-order valence-corrected chi connectivity index (χ1v) is 9.09. The summed E-state index contributed by atoms with van der Waals surface area (Å²) in [4.78, 5) is 0.250. The van der Waals surface area contributed by atoms with Crippen molar-refractivity contribution < 1.29 is 8.42 Å². The van der Waals surface area contributed by atoms with Gasteiger partial charge in [0.2, 0.25) is 10.0 Å². The van der Waals surface area contributed by atoms with Crippen LogP contribution in [0.2, 0.25) is 5.02 Å². The summed E-state index contributed by atoms with van der Waals surface area (Å²) in [6.45, 7) is 0.530. The summed E-state index contributed by atoms with van der Waals surface area (Å²) >= 11 is 9.11. The lowest BCUT2D eigenvalue weighted by atomic mass is 9.90. The Labute approximate surface area is 127 Å². The standard InChI is InChI=1S/C13H17BrClNO2S/c14-12-8-11(6-7-13(12)15)19(17,18)16-9-10-4-2-1-3-5-10/h6-8,10,16H,1-5,9H2. The molecule has 1 aliphatic carbocycles. The minimum absolute atomic E-state index is 0.250. The van der Waals surface area contributed by atoms with E-state index in [0.29, 0.717) is 22.0 Å². The molecule has 1 aromatic rings. The molecule has 0 amide bonds. The zero-order chi connectivity index (χ0) is 13.9. The molecule has 3 nitrogen and oxygen atoms in total. The SMILES string of the molecule is O=S(=O)(NCC1CCCCC1)c1ccc(Cl)c(Br)c1. The Bertz CT molecular complexity index is 542. The summed E-state index contributed by atoms with van der Waals surface area (Å²) in [5.41, 5.74) is 0. The number of hydrogen-bond donors (Lipinski definition) is 1. The van der Waals surface area contributed by atoms with Crippen molar-refractivity contribution in [2.45, 2.75) is 37.0 Å². The fraction of sp³-hybridized carbons (Fsp3) is 0.538. The van der Waals surface area contributed by atoms with Crippen molar-refractivity contribution in [3.8, 4) is 0 Å². The van der Waals surface area contributed by atoms with Crippen molar-refractivity contribution in [3.05, 3.63) is 27.7 Å². The van der Waals surface area contributed by atoms with Crippen molar-refractivity contribution in [3.63, 3.8) is 0 Å². The largest absolute Gasteiger partial charge is 0.240 e. The van der Waals surface area contributed by atoms with Gasteiger partial charge >= 0.3 is 0 Å². The molecular weight excluding hydrogens is 350 g/mol. The Hall–Kier alpha value is -0.100. The molecule has 19 heavy (non-hydrogen) atoms. The van der Waals surface area contributed by atoms with E-state index in [1.807, 2.05) is 0 Å². The number of rotatable bonds is 4. The van der Waals surface area contributed by atoms with Gasteiger partial charge in [-0.15, -0.1) is 0 Å². The molecule has 1 N–H and O–H groups in total. The van der Waals surface area contributed by atoms with Crippen molar-refractivity contribution in [2.24, 2.45) is 5.92 Å². The van der Waals surface area contributed by atoms with Gasteiger partial charge in [0.1, 0.15) is 0 Å². The van der Waals surface area contributed by atoms with E-state index in [-0.39, 0.29) is 4.90 Å². The number of benzene rings is 1. The highest BCUT2D eigenvalue weighted by molar-refractivity contribution is 9.10. The molecule has 0 aliphatic heterocycles. The number of sulfonamides is 1. The fourth-order valence-corrected chi connectivity index (χ4v) is 4.14. The molecule has 106 valence electrons. The zero-order valence-electron chi connectivity index (χ0n) is 10.5. The number of nitrogens with one attached hydrogen (secondary N) is 1. The minimum atomic E-state index is -3.44. The zero-order valence-corrected chi connectivity index (χ0v) is 13.7. The molecular formula is C13H17BrClNO2S. The summed E-state index contributed by atoms with van der Waals surface area (Å²) in [6.07, 6.45) is 5.92. The monoisotopic (exact) mass is 365 g/mol. The third-order valence-electron chi connectivity index (χ3n) is 3.49. The molecule has 0 aromatic heterocycles. The van der Waals surface area contributed by atoms with E-state index in [1.54, 1.807) is 6.07 Å². The second-order valence-corrected chi connectivity index (χ2v) is 7.96. The van der Waals surface area contributed by atoms with Gasteiger partial charge in [-0.05, 0) is 52.9 Å². The molecule has 0 spiro atoms. The average molecular weight is 367 g/mol. The van der Waals surface area contributed by atoms with Crippen LogP contribution in [-0.4, -0.2) is 15.0 Å². The Morgan fingerprint density at radius 1 is 1.26 bits per heavy atom. The van der Waals surface area contributed by atoms with E-state index in [0.717, 1.165) is 12.8 Å². The normalized spacial score (nSPS) is 17.6. The van der Waals surface area contributed by atoms with Crippen molar-refractivity contribution in [1.82, 2.24) is 4.72 Å². The molecule has 6 heteroatoms. The average Bonchev–Trinajstić information content (AvgIpc) is 2.41. The van der Waals surface area contributed by atoms with E-state index in [9.17, 15) is 8.42 Å². The second kappa shape index (κ2) is 6.57. The third kappa shape index (κ3) is 4.18. The van der Waals surface area contributed by atoms with Gasteiger partial charge in [0, 0.05) is 11.0 Å². The van der Waals surface area contributed by atoms with E-state index in [2.05, 4.69) is 20.7 Å². The van der Waals surface area contributed by atoms with E-state index in [1.165, 1.54) is 31.4 Å². The van der Waals surface area contributed by atoms with Crippen LogP contribution in [0.3, 0.4) is 0 Å².